The Morgan fingerprint density at radius 3 is 2.62 bits per heavy atom. The molecule has 0 aliphatic carbocycles. The number of fused-ring (bicyclic) bond motifs is 1. The minimum atomic E-state index is -1.18. The number of aliphatic hydroxyl groups excluding tert-OH is 1. The van der Waals surface area contributed by atoms with Gasteiger partial charge in [0.15, 0.2) is 11.6 Å². The van der Waals surface area contributed by atoms with Gasteiger partial charge in [-0.15, -0.1) is 0 Å². The molecular formula is C19H17FN4O2. The topological polar surface area (TPSA) is 105 Å². The molecule has 26 heavy (non-hydrogen) atoms. The Hall–Kier alpha value is -3.32. The maximum absolute atomic E-state index is 13.1. The molecule has 1 aromatic heterocycles. The number of amidine groups is 1. The molecule has 0 spiro atoms. The largest absolute Gasteiger partial charge is 0.508 e. The molecule has 1 heterocycles. The lowest BCUT2D eigenvalue weighted by Crippen LogP contribution is -2.09. The third kappa shape index (κ3) is 3.68. The highest BCUT2D eigenvalue weighted by Gasteiger charge is 2.17. The maximum Gasteiger partial charge on any atom is 0.165 e. The Balaban J connectivity index is 2.16. The third-order valence-electron chi connectivity index (χ3n) is 3.68. The van der Waals surface area contributed by atoms with Crippen LogP contribution in [0.5, 0.6) is 5.75 Å². The number of allylic oxidation sites excluding steroid dienone is 1. The first kappa shape index (κ1) is 17.5. The number of phenolic OH excluding ortho intramolecular Hbond substituents is 1. The summed E-state index contributed by atoms with van der Waals surface area (Å²) in [6.45, 7) is 1.81. The number of benzene rings is 2. The van der Waals surface area contributed by atoms with E-state index in [4.69, 9.17) is 5.73 Å². The second-order valence-corrected chi connectivity index (χ2v) is 5.60. The lowest BCUT2D eigenvalue weighted by atomic mass is 10.1. The van der Waals surface area contributed by atoms with E-state index in [2.05, 4.69) is 15.0 Å². The molecule has 0 amide bonds. The van der Waals surface area contributed by atoms with Crippen LogP contribution in [0.15, 0.2) is 59.6 Å². The smallest absolute Gasteiger partial charge is 0.165 e. The number of aliphatic hydroxyl groups is 1. The van der Waals surface area contributed by atoms with E-state index in [9.17, 15) is 14.6 Å². The normalized spacial score (nSPS) is 13.4. The molecule has 3 rings (SSSR count). The summed E-state index contributed by atoms with van der Waals surface area (Å²) in [5, 5.41) is 20.9. The van der Waals surface area contributed by atoms with E-state index in [-0.39, 0.29) is 23.2 Å². The summed E-state index contributed by atoms with van der Waals surface area (Å²) in [6, 6.07) is 9.96. The Bertz CT molecular complexity index is 1000. The van der Waals surface area contributed by atoms with E-state index in [0.29, 0.717) is 16.5 Å². The van der Waals surface area contributed by atoms with Crippen molar-refractivity contribution >= 4 is 22.6 Å². The highest BCUT2D eigenvalue weighted by molar-refractivity contribution is 5.97. The molecule has 0 aliphatic heterocycles. The minimum Gasteiger partial charge on any atom is -0.508 e. The fourth-order valence-corrected chi connectivity index (χ4v) is 2.45. The van der Waals surface area contributed by atoms with E-state index >= 15 is 0 Å². The van der Waals surface area contributed by atoms with Crippen LogP contribution in [0.3, 0.4) is 0 Å². The maximum atomic E-state index is 13.1. The van der Waals surface area contributed by atoms with Crippen LogP contribution in [0.2, 0.25) is 0 Å². The Kier molecular flexibility index (Phi) is 4.90. The summed E-state index contributed by atoms with van der Waals surface area (Å²) >= 11 is 0. The lowest BCUT2D eigenvalue weighted by Gasteiger charge is -2.12. The monoisotopic (exact) mass is 352 g/mol. The van der Waals surface area contributed by atoms with Crippen molar-refractivity contribution < 1.29 is 14.6 Å². The van der Waals surface area contributed by atoms with E-state index < -0.39 is 11.9 Å². The number of hydrogen-bond acceptors (Lipinski definition) is 5. The Morgan fingerprint density at radius 1 is 1.19 bits per heavy atom. The molecule has 7 heteroatoms. The lowest BCUT2D eigenvalue weighted by molar-refractivity contribution is 0.210. The molecule has 2 aromatic carbocycles. The zero-order chi connectivity index (χ0) is 18.7. The number of nitrogens with zero attached hydrogens (tertiary/aromatic N) is 3. The molecule has 0 radical (unpaired) electrons. The van der Waals surface area contributed by atoms with Gasteiger partial charge in [-0.2, -0.15) is 0 Å². The van der Waals surface area contributed by atoms with E-state index in [1.54, 1.807) is 18.2 Å². The number of nitrogens with two attached hydrogens (primary N) is 1. The zero-order valence-corrected chi connectivity index (χ0v) is 14.0. The SMILES string of the molecule is C/C=C/C(N)=Nc1nc(C(O)c2ccc(F)cc2)nc2cc(O)ccc12. The Morgan fingerprint density at radius 2 is 1.92 bits per heavy atom. The number of aromatic hydroxyl groups is 1. The fraction of sp³-hybridized carbons (Fsp3) is 0.105. The number of rotatable bonds is 4. The summed E-state index contributed by atoms with van der Waals surface area (Å²) in [6.07, 6.45) is 2.17. The van der Waals surface area contributed by atoms with Crippen molar-refractivity contribution in [1.82, 2.24) is 9.97 Å². The van der Waals surface area contributed by atoms with Gasteiger partial charge in [-0.05, 0) is 42.8 Å². The molecular weight excluding hydrogens is 335 g/mol. The van der Waals surface area contributed by atoms with Gasteiger partial charge in [0, 0.05) is 11.5 Å². The van der Waals surface area contributed by atoms with Crippen LogP contribution < -0.4 is 5.73 Å². The van der Waals surface area contributed by atoms with Crippen molar-refractivity contribution in [3.05, 3.63) is 71.8 Å². The molecule has 1 atom stereocenters. The van der Waals surface area contributed by atoms with Gasteiger partial charge in [0.25, 0.3) is 0 Å². The minimum absolute atomic E-state index is 0.0229. The second kappa shape index (κ2) is 7.28. The number of hydrogen-bond donors (Lipinski definition) is 3. The van der Waals surface area contributed by atoms with Gasteiger partial charge < -0.3 is 15.9 Å². The molecule has 0 saturated carbocycles. The van der Waals surface area contributed by atoms with Gasteiger partial charge in [-0.25, -0.2) is 19.4 Å². The van der Waals surface area contributed by atoms with Crippen molar-refractivity contribution in [2.45, 2.75) is 13.0 Å². The van der Waals surface area contributed by atoms with Gasteiger partial charge in [-0.3, -0.25) is 0 Å². The molecule has 0 aliphatic rings. The number of aromatic nitrogens is 2. The van der Waals surface area contributed by atoms with Crippen LogP contribution in [-0.4, -0.2) is 26.0 Å². The molecule has 6 nitrogen and oxygen atoms in total. The standard InChI is InChI=1S/C19H17FN4O2/c1-2-3-16(21)23-18-14-9-8-13(25)10-15(14)22-19(24-18)17(26)11-4-6-12(20)7-5-11/h2-10,17,25-26H,1H3,(H2,21,22,23,24)/b3-2+. The first-order valence-corrected chi connectivity index (χ1v) is 7.89. The van der Waals surface area contributed by atoms with Crippen LogP contribution in [0.1, 0.15) is 24.4 Å². The highest BCUT2D eigenvalue weighted by atomic mass is 19.1. The van der Waals surface area contributed by atoms with Gasteiger partial charge in [-0.1, -0.05) is 18.2 Å². The quantitative estimate of drug-likeness (QED) is 0.494. The van der Waals surface area contributed by atoms with Crippen molar-refractivity contribution in [1.29, 1.82) is 0 Å². The highest BCUT2D eigenvalue weighted by Crippen LogP contribution is 2.29. The van der Waals surface area contributed by atoms with Crippen LogP contribution in [0.25, 0.3) is 10.9 Å². The molecule has 0 fully saturated rings. The summed E-state index contributed by atoms with van der Waals surface area (Å²) in [5.41, 5.74) is 6.68. The molecule has 0 saturated heterocycles. The molecule has 4 N–H and O–H groups in total. The van der Waals surface area contributed by atoms with Crippen LogP contribution in [0, 0.1) is 5.82 Å². The van der Waals surface area contributed by atoms with E-state index in [0.717, 1.165) is 0 Å². The fourth-order valence-electron chi connectivity index (χ4n) is 2.45. The van der Waals surface area contributed by atoms with Crippen LogP contribution >= 0.6 is 0 Å². The first-order chi connectivity index (χ1) is 12.5. The number of aliphatic imine (C=N–C) groups is 1. The average molecular weight is 352 g/mol. The third-order valence-corrected chi connectivity index (χ3v) is 3.68. The van der Waals surface area contributed by atoms with Crippen molar-refractivity contribution in [2.75, 3.05) is 0 Å². The predicted molar refractivity (Wildman–Crippen MR) is 97.8 cm³/mol. The summed E-state index contributed by atoms with van der Waals surface area (Å²) in [7, 11) is 0. The van der Waals surface area contributed by atoms with Gasteiger partial charge >= 0.3 is 0 Å². The van der Waals surface area contributed by atoms with Gasteiger partial charge in [0.2, 0.25) is 0 Å². The molecule has 132 valence electrons. The van der Waals surface area contributed by atoms with Crippen molar-refractivity contribution in [3.8, 4) is 5.75 Å². The summed E-state index contributed by atoms with van der Waals surface area (Å²) < 4.78 is 13.1. The van der Waals surface area contributed by atoms with Crippen molar-refractivity contribution in [3.63, 3.8) is 0 Å². The van der Waals surface area contributed by atoms with Crippen molar-refractivity contribution in [2.24, 2.45) is 10.7 Å². The van der Waals surface area contributed by atoms with E-state index in [1.165, 1.54) is 36.4 Å². The predicted octanol–water partition coefficient (Wildman–Crippen LogP) is 3.12. The molecule has 3 aromatic rings. The summed E-state index contributed by atoms with van der Waals surface area (Å²) in [5.74, 6) is 0.191. The molecule has 0 bridgehead atoms. The van der Waals surface area contributed by atoms with E-state index in [1.807, 2.05) is 6.92 Å². The molecule has 1 unspecified atom stereocenters. The zero-order valence-electron chi connectivity index (χ0n) is 14.0. The first-order valence-electron chi connectivity index (χ1n) is 7.89. The number of phenols is 1. The second-order valence-electron chi connectivity index (χ2n) is 5.60. The Labute approximate surface area is 149 Å². The average Bonchev–Trinajstić information content (AvgIpc) is 2.61. The van der Waals surface area contributed by atoms with Gasteiger partial charge in [0.1, 0.15) is 23.5 Å². The number of halogens is 1. The van der Waals surface area contributed by atoms with Crippen LogP contribution in [0.4, 0.5) is 10.2 Å². The van der Waals surface area contributed by atoms with Gasteiger partial charge in [0.05, 0.1) is 5.52 Å². The summed E-state index contributed by atoms with van der Waals surface area (Å²) in [4.78, 5) is 12.9. The van der Waals surface area contributed by atoms with Crippen LogP contribution in [-0.2, 0) is 0 Å².